The zero-order chi connectivity index (χ0) is 16.6. The number of carbonyl (C=O) groups is 1. The van der Waals surface area contributed by atoms with E-state index in [1.165, 1.54) is 4.68 Å². The maximum absolute atomic E-state index is 11.9. The molecule has 3 N–H and O–H groups in total. The van der Waals surface area contributed by atoms with Crippen molar-refractivity contribution < 1.29 is 14.7 Å². The number of para-hydroxylation sites is 1. The zero-order valence-corrected chi connectivity index (χ0v) is 13.4. The number of nitrogens with two attached hydrogens (primary N) is 1. The monoisotopic (exact) mass is 315 g/mol. The summed E-state index contributed by atoms with van der Waals surface area (Å²) in [4.78, 5) is 16.6. The number of benzene rings is 1. The van der Waals surface area contributed by atoms with Crippen molar-refractivity contribution in [3.8, 4) is 5.69 Å². The van der Waals surface area contributed by atoms with Crippen LogP contribution in [0.15, 0.2) is 24.3 Å². The quantitative estimate of drug-likeness (QED) is 0.846. The van der Waals surface area contributed by atoms with Gasteiger partial charge in [0.1, 0.15) is 0 Å². The van der Waals surface area contributed by atoms with Gasteiger partial charge in [-0.1, -0.05) is 32.0 Å². The summed E-state index contributed by atoms with van der Waals surface area (Å²) in [6.07, 6.45) is 2.52. The van der Waals surface area contributed by atoms with Crippen molar-refractivity contribution in [1.82, 2.24) is 9.78 Å². The molecule has 0 fully saturated rings. The standard InChI is InChI=1S/C17H21N3O3/c1-17(2)8-7-13-12(9-17)15(16(21)22)20(19-13)14-6-4-3-5-11(14)10-23-18/h3-6H,7-10,18H2,1-2H3,(H,21,22). The van der Waals surface area contributed by atoms with Crippen LogP contribution in [0.2, 0.25) is 0 Å². The van der Waals surface area contributed by atoms with Crippen LogP contribution in [-0.2, 0) is 24.3 Å². The molecule has 0 spiro atoms. The summed E-state index contributed by atoms with van der Waals surface area (Å²) >= 11 is 0. The van der Waals surface area contributed by atoms with Gasteiger partial charge in [-0.05, 0) is 30.7 Å². The van der Waals surface area contributed by atoms with E-state index in [1.54, 1.807) is 0 Å². The number of aromatic nitrogens is 2. The Balaban J connectivity index is 2.18. The normalized spacial score (nSPS) is 16.1. The van der Waals surface area contributed by atoms with E-state index in [0.29, 0.717) is 5.69 Å². The summed E-state index contributed by atoms with van der Waals surface area (Å²) in [6.45, 7) is 4.52. The summed E-state index contributed by atoms with van der Waals surface area (Å²) in [6, 6.07) is 7.42. The molecule has 6 heteroatoms. The Morgan fingerprint density at radius 3 is 2.87 bits per heavy atom. The highest BCUT2D eigenvalue weighted by Gasteiger charge is 2.33. The highest BCUT2D eigenvalue weighted by Crippen LogP contribution is 2.37. The lowest BCUT2D eigenvalue weighted by Crippen LogP contribution is -2.23. The van der Waals surface area contributed by atoms with E-state index in [-0.39, 0.29) is 17.7 Å². The molecule has 1 aliphatic carbocycles. The minimum Gasteiger partial charge on any atom is -0.476 e. The molecule has 0 radical (unpaired) electrons. The van der Waals surface area contributed by atoms with Gasteiger partial charge in [0.2, 0.25) is 0 Å². The number of nitrogens with zero attached hydrogens (tertiary/aromatic N) is 2. The number of carboxylic acids is 1. The van der Waals surface area contributed by atoms with Crippen molar-refractivity contribution in [3.05, 3.63) is 46.8 Å². The number of hydrogen-bond donors (Lipinski definition) is 2. The van der Waals surface area contributed by atoms with Gasteiger partial charge in [0.25, 0.3) is 0 Å². The second-order valence-corrected chi connectivity index (χ2v) is 6.77. The first kappa shape index (κ1) is 15.7. The van der Waals surface area contributed by atoms with Gasteiger partial charge in [-0.2, -0.15) is 5.10 Å². The fourth-order valence-electron chi connectivity index (χ4n) is 3.23. The molecule has 23 heavy (non-hydrogen) atoms. The fourth-order valence-corrected chi connectivity index (χ4v) is 3.23. The van der Waals surface area contributed by atoms with Crippen LogP contribution < -0.4 is 5.90 Å². The Bertz CT molecular complexity index is 750. The molecule has 2 aromatic rings. The maximum atomic E-state index is 11.9. The minimum absolute atomic E-state index is 0.0882. The smallest absolute Gasteiger partial charge is 0.354 e. The average molecular weight is 315 g/mol. The Labute approximate surface area is 134 Å². The van der Waals surface area contributed by atoms with Gasteiger partial charge in [0, 0.05) is 11.1 Å². The SMILES string of the molecule is CC1(C)CCc2nn(-c3ccccc3CON)c(C(=O)O)c2C1. The summed E-state index contributed by atoms with van der Waals surface area (Å²) < 4.78 is 1.53. The molecule has 3 rings (SSSR count). The summed E-state index contributed by atoms with van der Waals surface area (Å²) in [7, 11) is 0. The lowest BCUT2D eigenvalue weighted by Gasteiger charge is -2.28. The van der Waals surface area contributed by atoms with Gasteiger partial charge in [-0.3, -0.25) is 4.84 Å². The molecule has 0 saturated carbocycles. The molecular formula is C17H21N3O3. The van der Waals surface area contributed by atoms with Crippen molar-refractivity contribution >= 4 is 5.97 Å². The maximum Gasteiger partial charge on any atom is 0.354 e. The average Bonchev–Trinajstić information content (AvgIpc) is 2.85. The first-order valence-electron chi connectivity index (χ1n) is 7.67. The first-order chi connectivity index (χ1) is 10.9. The van der Waals surface area contributed by atoms with E-state index in [9.17, 15) is 9.90 Å². The first-order valence-corrected chi connectivity index (χ1v) is 7.67. The van der Waals surface area contributed by atoms with E-state index in [0.717, 1.165) is 36.1 Å². The van der Waals surface area contributed by atoms with Crippen LogP contribution in [0.1, 0.15) is 47.6 Å². The van der Waals surface area contributed by atoms with Gasteiger partial charge in [-0.15, -0.1) is 0 Å². The molecule has 0 unspecified atom stereocenters. The Kier molecular flexibility index (Phi) is 3.95. The van der Waals surface area contributed by atoms with Crippen LogP contribution in [-0.4, -0.2) is 20.9 Å². The third-order valence-corrected chi connectivity index (χ3v) is 4.42. The molecule has 122 valence electrons. The van der Waals surface area contributed by atoms with Crippen LogP contribution in [0, 0.1) is 5.41 Å². The second kappa shape index (κ2) is 5.79. The van der Waals surface area contributed by atoms with E-state index in [1.807, 2.05) is 24.3 Å². The predicted molar refractivity (Wildman–Crippen MR) is 85.3 cm³/mol. The van der Waals surface area contributed by atoms with E-state index < -0.39 is 5.97 Å². The molecule has 0 atom stereocenters. The van der Waals surface area contributed by atoms with E-state index in [2.05, 4.69) is 18.9 Å². The molecule has 1 heterocycles. The third-order valence-electron chi connectivity index (χ3n) is 4.42. The van der Waals surface area contributed by atoms with Gasteiger partial charge in [0.05, 0.1) is 18.0 Å². The lowest BCUT2D eigenvalue weighted by atomic mass is 9.76. The topological polar surface area (TPSA) is 90.4 Å². The summed E-state index contributed by atoms with van der Waals surface area (Å²) in [5.74, 6) is 4.23. The van der Waals surface area contributed by atoms with Crippen LogP contribution in [0.5, 0.6) is 0 Å². The summed E-state index contributed by atoms with van der Waals surface area (Å²) in [5, 5.41) is 14.3. The highest BCUT2D eigenvalue weighted by atomic mass is 16.6. The second-order valence-electron chi connectivity index (χ2n) is 6.77. The molecule has 6 nitrogen and oxygen atoms in total. The molecule has 0 bridgehead atoms. The molecule has 0 saturated heterocycles. The van der Waals surface area contributed by atoms with Gasteiger partial charge < -0.3 is 5.11 Å². The van der Waals surface area contributed by atoms with E-state index >= 15 is 0 Å². The van der Waals surface area contributed by atoms with Gasteiger partial charge in [-0.25, -0.2) is 15.4 Å². The molecule has 0 amide bonds. The predicted octanol–water partition coefficient (Wildman–Crippen LogP) is 2.48. The van der Waals surface area contributed by atoms with Gasteiger partial charge >= 0.3 is 5.97 Å². The summed E-state index contributed by atoms with van der Waals surface area (Å²) in [5.41, 5.74) is 3.56. The number of rotatable bonds is 4. The van der Waals surface area contributed by atoms with Crippen molar-refractivity contribution in [2.24, 2.45) is 11.3 Å². The van der Waals surface area contributed by atoms with Crippen molar-refractivity contribution in [3.63, 3.8) is 0 Å². The number of aryl methyl sites for hydroxylation is 1. The van der Waals surface area contributed by atoms with Crippen LogP contribution in [0.4, 0.5) is 0 Å². The number of hydrogen-bond acceptors (Lipinski definition) is 4. The van der Waals surface area contributed by atoms with Crippen LogP contribution >= 0.6 is 0 Å². The van der Waals surface area contributed by atoms with Gasteiger partial charge in [0.15, 0.2) is 5.69 Å². The number of fused-ring (bicyclic) bond motifs is 1. The van der Waals surface area contributed by atoms with Crippen molar-refractivity contribution in [2.45, 2.75) is 39.7 Å². The van der Waals surface area contributed by atoms with Crippen molar-refractivity contribution in [2.75, 3.05) is 0 Å². The van der Waals surface area contributed by atoms with Crippen molar-refractivity contribution in [1.29, 1.82) is 0 Å². The molecule has 1 aromatic heterocycles. The number of aromatic carboxylic acids is 1. The third kappa shape index (κ3) is 2.87. The molecule has 1 aromatic carbocycles. The Morgan fingerprint density at radius 2 is 2.17 bits per heavy atom. The number of carboxylic acid groups (broad SMARTS) is 1. The van der Waals surface area contributed by atoms with Crippen LogP contribution in [0.25, 0.3) is 5.69 Å². The minimum atomic E-state index is -0.958. The molecule has 1 aliphatic rings. The van der Waals surface area contributed by atoms with Crippen LogP contribution in [0.3, 0.4) is 0 Å². The fraction of sp³-hybridized carbons (Fsp3) is 0.412. The largest absolute Gasteiger partial charge is 0.476 e. The van der Waals surface area contributed by atoms with E-state index in [4.69, 9.17) is 10.7 Å². The molecular weight excluding hydrogens is 294 g/mol. The zero-order valence-electron chi connectivity index (χ0n) is 13.4. The molecule has 0 aliphatic heterocycles. The Morgan fingerprint density at radius 1 is 1.43 bits per heavy atom. The lowest BCUT2D eigenvalue weighted by molar-refractivity contribution is 0.0684. The highest BCUT2D eigenvalue weighted by molar-refractivity contribution is 5.88. The Hall–Kier alpha value is -2.18.